The maximum Gasteiger partial charge on any atom is 0.327 e. The van der Waals surface area contributed by atoms with Gasteiger partial charge in [0.2, 0.25) is 0 Å². The maximum absolute atomic E-state index is 12.3. The first-order valence-electron chi connectivity index (χ1n) is 7.44. The Morgan fingerprint density at radius 3 is 2.75 bits per heavy atom. The van der Waals surface area contributed by atoms with Crippen LogP contribution in [0.1, 0.15) is 32.6 Å². The Morgan fingerprint density at radius 2 is 2.15 bits per heavy atom. The van der Waals surface area contributed by atoms with Crippen molar-refractivity contribution in [3.05, 3.63) is 0 Å². The molecule has 0 radical (unpaired) electrons. The second-order valence-electron chi connectivity index (χ2n) is 6.40. The molecule has 0 aromatic heterocycles. The topological polar surface area (TPSA) is 69.6 Å². The van der Waals surface area contributed by atoms with Gasteiger partial charge in [0.15, 0.2) is 0 Å². The highest BCUT2D eigenvalue weighted by Crippen LogP contribution is 2.49. The number of carboxylic acid groups (broad SMARTS) is 1. The Morgan fingerprint density at radius 1 is 1.35 bits per heavy atom. The molecule has 5 unspecified atom stereocenters. The molecule has 5 atom stereocenters. The van der Waals surface area contributed by atoms with E-state index >= 15 is 0 Å². The van der Waals surface area contributed by atoms with Crippen molar-refractivity contribution in [2.45, 2.75) is 44.7 Å². The van der Waals surface area contributed by atoms with Crippen molar-refractivity contribution in [2.24, 2.45) is 17.8 Å². The molecule has 2 saturated carbocycles. The van der Waals surface area contributed by atoms with Crippen molar-refractivity contribution in [3.8, 4) is 0 Å². The van der Waals surface area contributed by atoms with Crippen LogP contribution in [0.15, 0.2) is 0 Å². The lowest BCUT2D eigenvalue weighted by Gasteiger charge is -2.30. The number of aliphatic carboxylic acids is 1. The number of thioether (sulfide) groups is 1. The van der Waals surface area contributed by atoms with Crippen LogP contribution in [0.2, 0.25) is 0 Å². The van der Waals surface area contributed by atoms with Gasteiger partial charge >= 0.3 is 12.0 Å². The summed E-state index contributed by atoms with van der Waals surface area (Å²) in [5.74, 6) is 2.27. The summed E-state index contributed by atoms with van der Waals surface area (Å²) in [6, 6.07) is -0.734. The highest BCUT2D eigenvalue weighted by Gasteiger charge is 2.43. The number of hydrogen-bond donors (Lipinski definition) is 2. The lowest BCUT2D eigenvalue weighted by Crippen LogP contribution is -2.51. The first-order valence-corrected chi connectivity index (χ1v) is 8.59. The van der Waals surface area contributed by atoms with Crippen LogP contribution in [-0.2, 0) is 4.79 Å². The van der Waals surface area contributed by atoms with Gasteiger partial charge in [0.1, 0.15) is 6.04 Å². The van der Waals surface area contributed by atoms with Crippen LogP contribution in [0.5, 0.6) is 0 Å². The van der Waals surface area contributed by atoms with Crippen molar-refractivity contribution >= 4 is 23.8 Å². The fraction of sp³-hybridized carbons (Fsp3) is 0.857. The summed E-state index contributed by atoms with van der Waals surface area (Å²) in [7, 11) is 0. The predicted octanol–water partition coefficient (Wildman–Crippen LogP) is 1.98. The third-order valence-corrected chi connectivity index (χ3v) is 6.23. The van der Waals surface area contributed by atoms with E-state index in [2.05, 4.69) is 12.2 Å². The van der Waals surface area contributed by atoms with Crippen LogP contribution in [0.25, 0.3) is 0 Å². The average molecular weight is 298 g/mol. The second-order valence-corrected chi connectivity index (χ2v) is 7.40. The molecule has 2 N–H and O–H groups in total. The van der Waals surface area contributed by atoms with E-state index in [1.165, 1.54) is 42.3 Å². The maximum atomic E-state index is 12.3. The van der Waals surface area contributed by atoms with E-state index in [0.29, 0.717) is 17.5 Å². The number of carbonyl (C=O) groups is 2. The van der Waals surface area contributed by atoms with Gasteiger partial charge in [-0.1, -0.05) is 6.42 Å². The molecule has 2 bridgehead atoms. The van der Waals surface area contributed by atoms with Gasteiger partial charge in [-0.2, -0.15) is 0 Å². The zero-order chi connectivity index (χ0) is 14.3. The molecule has 20 heavy (non-hydrogen) atoms. The largest absolute Gasteiger partial charge is 0.480 e. The monoisotopic (exact) mass is 298 g/mol. The number of carbonyl (C=O) groups excluding carboxylic acids is 1. The van der Waals surface area contributed by atoms with Crippen LogP contribution in [-0.4, -0.2) is 45.7 Å². The molecule has 3 rings (SSSR count). The number of nitrogens with one attached hydrogen (secondary N) is 1. The fourth-order valence-corrected chi connectivity index (χ4v) is 5.28. The molecule has 1 aliphatic heterocycles. The number of hydrogen-bond acceptors (Lipinski definition) is 3. The molecule has 1 heterocycles. The fourth-order valence-electron chi connectivity index (χ4n) is 4.14. The summed E-state index contributed by atoms with van der Waals surface area (Å²) in [6.07, 6.45) is 5.20. The molecule has 2 amide bonds. The number of nitrogens with zero attached hydrogens (tertiary/aromatic N) is 1. The van der Waals surface area contributed by atoms with E-state index in [-0.39, 0.29) is 12.1 Å². The zero-order valence-corrected chi connectivity index (χ0v) is 12.6. The Balaban J connectivity index is 1.57. The minimum Gasteiger partial charge on any atom is -0.480 e. The third kappa shape index (κ3) is 2.50. The average Bonchev–Trinajstić information content (AvgIpc) is 3.13. The van der Waals surface area contributed by atoms with Crippen molar-refractivity contribution in [3.63, 3.8) is 0 Å². The van der Waals surface area contributed by atoms with Crippen LogP contribution in [0.4, 0.5) is 4.79 Å². The van der Waals surface area contributed by atoms with Crippen molar-refractivity contribution in [1.82, 2.24) is 10.2 Å². The first-order chi connectivity index (χ1) is 9.56. The van der Waals surface area contributed by atoms with Crippen molar-refractivity contribution < 1.29 is 14.7 Å². The van der Waals surface area contributed by atoms with Gasteiger partial charge in [-0.05, 0) is 43.9 Å². The minimum atomic E-state index is -0.905. The van der Waals surface area contributed by atoms with Crippen molar-refractivity contribution in [1.29, 1.82) is 0 Å². The van der Waals surface area contributed by atoms with Gasteiger partial charge < -0.3 is 15.3 Å². The van der Waals surface area contributed by atoms with E-state index in [1.807, 2.05) is 0 Å². The summed E-state index contributed by atoms with van der Waals surface area (Å²) in [5, 5.41) is 12.2. The molecule has 0 spiro atoms. The van der Waals surface area contributed by atoms with E-state index in [1.54, 1.807) is 0 Å². The summed E-state index contributed by atoms with van der Waals surface area (Å²) < 4.78 is 0. The summed E-state index contributed by atoms with van der Waals surface area (Å²) in [6.45, 7) is 2.07. The molecule has 3 fully saturated rings. The third-order valence-electron chi connectivity index (χ3n) is 5.21. The van der Waals surface area contributed by atoms with Gasteiger partial charge in [0.25, 0.3) is 0 Å². The molecule has 3 aliphatic rings. The number of amides is 2. The Bertz CT molecular complexity index is 417. The molecule has 112 valence electrons. The number of fused-ring (bicyclic) bond motifs is 2. The minimum absolute atomic E-state index is 0.151. The van der Waals surface area contributed by atoms with E-state index < -0.39 is 12.0 Å². The van der Waals surface area contributed by atoms with Crippen LogP contribution in [0, 0.1) is 17.8 Å². The molecular weight excluding hydrogens is 276 g/mol. The lowest BCUT2D eigenvalue weighted by molar-refractivity contribution is -0.140. The molecule has 0 aromatic rings. The highest BCUT2D eigenvalue weighted by atomic mass is 32.2. The van der Waals surface area contributed by atoms with Crippen LogP contribution in [0.3, 0.4) is 0 Å². The second kappa shape index (κ2) is 5.47. The number of urea groups is 1. The van der Waals surface area contributed by atoms with Gasteiger partial charge in [-0.25, -0.2) is 9.59 Å². The highest BCUT2D eigenvalue weighted by molar-refractivity contribution is 7.99. The number of carboxylic acids is 1. The van der Waals surface area contributed by atoms with Crippen LogP contribution >= 0.6 is 11.8 Å². The normalized spacial score (nSPS) is 37.1. The summed E-state index contributed by atoms with van der Waals surface area (Å²) in [4.78, 5) is 24.9. The number of rotatable bonds is 3. The molecule has 6 heteroatoms. The summed E-state index contributed by atoms with van der Waals surface area (Å²) >= 11 is 1.50. The summed E-state index contributed by atoms with van der Waals surface area (Å²) in [5.41, 5.74) is 0. The van der Waals surface area contributed by atoms with E-state index in [4.69, 9.17) is 5.11 Å². The lowest BCUT2D eigenvalue weighted by atomic mass is 9.84. The van der Waals surface area contributed by atoms with Gasteiger partial charge in [0, 0.05) is 11.8 Å². The quantitative estimate of drug-likeness (QED) is 0.836. The standard InChI is InChI=1S/C14H22N2O3S/c1-8(11-5-9-2-3-10(11)4-9)15-14(19)16-7-20-6-12(16)13(17)18/h8-12H,2-7H2,1H3,(H,15,19)(H,17,18). The Hall–Kier alpha value is -0.910. The molecule has 1 saturated heterocycles. The van der Waals surface area contributed by atoms with Gasteiger partial charge in [-0.3, -0.25) is 0 Å². The van der Waals surface area contributed by atoms with Crippen LogP contribution < -0.4 is 5.32 Å². The molecule has 0 aromatic carbocycles. The van der Waals surface area contributed by atoms with Gasteiger partial charge in [0.05, 0.1) is 5.88 Å². The molecular formula is C14H22N2O3S. The Labute approximate surface area is 123 Å². The zero-order valence-electron chi connectivity index (χ0n) is 11.7. The Kier molecular flexibility index (Phi) is 3.84. The van der Waals surface area contributed by atoms with E-state index in [9.17, 15) is 9.59 Å². The molecule has 5 nitrogen and oxygen atoms in total. The van der Waals surface area contributed by atoms with E-state index in [0.717, 1.165) is 11.8 Å². The molecule has 2 aliphatic carbocycles. The smallest absolute Gasteiger partial charge is 0.327 e. The van der Waals surface area contributed by atoms with Gasteiger partial charge in [-0.15, -0.1) is 11.8 Å². The SMILES string of the molecule is CC(NC(=O)N1CSCC1C(=O)O)C1CC2CCC1C2. The van der Waals surface area contributed by atoms with Crippen molar-refractivity contribution in [2.75, 3.05) is 11.6 Å². The predicted molar refractivity (Wildman–Crippen MR) is 77.5 cm³/mol. The first kappa shape index (κ1) is 14.0.